The molecule has 1 atom stereocenters. The number of hydrogen-bond donors (Lipinski definition) is 2. The number of aromatic hydroxyl groups is 2. The zero-order valence-electron chi connectivity index (χ0n) is 10.4. The second-order valence-corrected chi connectivity index (χ2v) is 5.64. The molecule has 2 N–H and O–H groups in total. The highest BCUT2D eigenvalue weighted by Gasteiger charge is 2.20. The first-order chi connectivity index (χ1) is 8.42. The fraction of sp³-hybridized carbons (Fsp3) is 0.500. The molecule has 1 aromatic rings. The summed E-state index contributed by atoms with van der Waals surface area (Å²) < 4.78 is 11.6. The number of halogens is 2. The maximum atomic E-state index is 9.61. The summed E-state index contributed by atoms with van der Waals surface area (Å²) >= 11 is 6.61. The molecular formula is C12H16Br2O4. The van der Waals surface area contributed by atoms with Crippen molar-refractivity contribution in [2.45, 2.75) is 19.6 Å². The van der Waals surface area contributed by atoms with E-state index in [2.05, 4.69) is 31.9 Å². The van der Waals surface area contributed by atoms with Gasteiger partial charge in [0.2, 0.25) is 0 Å². The zero-order valence-corrected chi connectivity index (χ0v) is 13.6. The predicted octanol–water partition coefficient (Wildman–Crippen LogP) is 3.42. The van der Waals surface area contributed by atoms with Crippen molar-refractivity contribution in [1.29, 1.82) is 0 Å². The van der Waals surface area contributed by atoms with Gasteiger partial charge < -0.3 is 19.7 Å². The van der Waals surface area contributed by atoms with Crippen LogP contribution in [0.5, 0.6) is 11.5 Å². The molecule has 0 aliphatic rings. The largest absolute Gasteiger partial charge is 0.504 e. The Balaban J connectivity index is 2.98. The van der Waals surface area contributed by atoms with Gasteiger partial charge in [-0.3, -0.25) is 0 Å². The van der Waals surface area contributed by atoms with Gasteiger partial charge in [0.25, 0.3) is 0 Å². The molecule has 0 aromatic heterocycles. The summed E-state index contributed by atoms with van der Waals surface area (Å²) in [6.07, 6.45) is 0.325. The minimum atomic E-state index is -0.313. The topological polar surface area (TPSA) is 58.9 Å². The van der Waals surface area contributed by atoms with Crippen molar-refractivity contribution in [2.24, 2.45) is 5.92 Å². The number of rotatable bonds is 5. The van der Waals surface area contributed by atoms with Gasteiger partial charge in [-0.15, -0.1) is 0 Å². The molecule has 0 saturated heterocycles. The van der Waals surface area contributed by atoms with Crippen LogP contribution in [0.1, 0.15) is 12.5 Å². The minimum absolute atomic E-state index is 0.104. The van der Waals surface area contributed by atoms with E-state index in [9.17, 15) is 10.2 Å². The van der Waals surface area contributed by atoms with Crippen molar-refractivity contribution in [1.82, 2.24) is 0 Å². The van der Waals surface area contributed by atoms with Crippen LogP contribution >= 0.6 is 31.9 Å². The van der Waals surface area contributed by atoms with Crippen LogP contribution in [0, 0.1) is 5.92 Å². The Morgan fingerprint density at radius 3 is 2.22 bits per heavy atom. The summed E-state index contributed by atoms with van der Waals surface area (Å²) in [7, 11) is 3.17. The van der Waals surface area contributed by atoms with Crippen molar-refractivity contribution in [2.75, 3.05) is 14.2 Å². The molecular weight excluding hydrogens is 368 g/mol. The predicted molar refractivity (Wildman–Crippen MR) is 75.8 cm³/mol. The van der Waals surface area contributed by atoms with Crippen molar-refractivity contribution >= 4 is 31.9 Å². The van der Waals surface area contributed by atoms with Gasteiger partial charge in [0.05, 0.1) is 4.47 Å². The summed E-state index contributed by atoms with van der Waals surface area (Å²) in [6, 6.07) is 1.53. The average molecular weight is 384 g/mol. The summed E-state index contributed by atoms with van der Waals surface area (Å²) in [4.78, 5) is 0. The lowest BCUT2D eigenvalue weighted by molar-refractivity contribution is -0.132. The molecule has 0 heterocycles. The molecule has 0 radical (unpaired) electrons. The quantitative estimate of drug-likeness (QED) is 0.604. The maximum Gasteiger partial charge on any atom is 0.173 e. The van der Waals surface area contributed by atoms with Crippen molar-refractivity contribution in [3.05, 3.63) is 20.6 Å². The number of phenolic OH excluding ortho intramolecular Hbond substituents is 2. The maximum absolute atomic E-state index is 9.61. The van der Waals surface area contributed by atoms with Crippen LogP contribution in [0.25, 0.3) is 0 Å². The van der Waals surface area contributed by atoms with Crippen molar-refractivity contribution in [3.63, 3.8) is 0 Å². The van der Waals surface area contributed by atoms with Crippen LogP contribution in [0.3, 0.4) is 0 Å². The summed E-state index contributed by atoms with van der Waals surface area (Å²) in [5.41, 5.74) is 0.865. The Hall–Kier alpha value is -0.300. The van der Waals surface area contributed by atoms with Crippen LogP contribution in [0.2, 0.25) is 0 Å². The SMILES string of the molecule is COC(OC)[C@@H](C)Cc1cc(O)c(O)c(Br)c1Br. The number of ether oxygens (including phenoxy) is 2. The normalized spacial score (nSPS) is 13.0. The Morgan fingerprint density at radius 1 is 1.17 bits per heavy atom. The third-order valence-electron chi connectivity index (χ3n) is 2.71. The van der Waals surface area contributed by atoms with Gasteiger partial charge in [-0.25, -0.2) is 0 Å². The number of benzene rings is 1. The van der Waals surface area contributed by atoms with Gasteiger partial charge in [-0.2, -0.15) is 0 Å². The molecule has 102 valence electrons. The summed E-state index contributed by atoms with van der Waals surface area (Å²) in [6.45, 7) is 1.99. The van der Waals surface area contributed by atoms with Gasteiger partial charge in [-0.1, -0.05) is 6.92 Å². The molecule has 0 bridgehead atoms. The van der Waals surface area contributed by atoms with Crippen LogP contribution in [-0.2, 0) is 15.9 Å². The first kappa shape index (κ1) is 15.8. The van der Waals surface area contributed by atoms with Gasteiger partial charge in [-0.05, 0) is 49.9 Å². The fourth-order valence-corrected chi connectivity index (χ4v) is 2.73. The van der Waals surface area contributed by atoms with Gasteiger partial charge >= 0.3 is 0 Å². The fourth-order valence-electron chi connectivity index (χ4n) is 1.81. The zero-order chi connectivity index (χ0) is 13.9. The van der Waals surface area contributed by atoms with E-state index in [1.807, 2.05) is 6.92 Å². The van der Waals surface area contributed by atoms with Crippen LogP contribution in [-0.4, -0.2) is 30.7 Å². The monoisotopic (exact) mass is 382 g/mol. The Morgan fingerprint density at radius 2 is 1.72 bits per heavy atom. The van der Waals surface area contributed by atoms with Gasteiger partial charge in [0.15, 0.2) is 17.8 Å². The molecule has 0 unspecified atom stereocenters. The van der Waals surface area contributed by atoms with Crippen LogP contribution in [0.4, 0.5) is 0 Å². The molecule has 18 heavy (non-hydrogen) atoms. The third kappa shape index (κ3) is 3.38. The van der Waals surface area contributed by atoms with E-state index in [0.717, 1.165) is 10.0 Å². The van der Waals surface area contributed by atoms with E-state index in [1.165, 1.54) is 6.07 Å². The highest BCUT2D eigenvalue weighted by Crippen LogP contribution is 2.41. The summed E-state index contributed by atoms with van der Waals surface area (Å²) in [5.74, 6) is -0.223. The second-order valence-electron chi connectivity index (χ2n) is 4.05. The lowest BCUT2D eigenvalue weighted by Gasteiger charge is -2.22. The molecule has 1 aromatic carbocycles. The molecule has 0 aliphatic carbocycles. The van der Waals surface area contributed by atoms with Crippen LogP contribution in [0.15, 0.2) is 15.0 Å². The molecule has 1 rings (SSSR count). The number of hydrogen-bond acceptors (Lipinski definition) is 4. The first-order valence-corrected chi connectivity index (χ1v) is 6.95. The number of phenols is 2. The molecule has 0 saturated carbocycles. The minimum Gasteiger partial charge on any atom is -0.504 e. The van der Waals surface area contributed by atoms with Gasteiger partial charge in [0.1, 0.15) is 0 Å². The molecule has 6 heteroatoms. The Kier molecular flexibility index (Phi) is 5.91. The molecule has 0 aliphatic heterocycles. The average Bonchev–Trinajstić information content (AvgIpc) is 2.35. The van der Waals surface area contributed by atoms with Crippen molar-refractivity contribution < 1.29 is 19.7 Å². The molecule has 0 amide bonds. The van der Waals surface area contributed by atoms with E-state index in [1.54, 1.807) is 14.2 Å². The van der Waals surface area contributed by atoms with Crippen molar-refractivity contribution in [3.8, 4) is 11.5 Å². The standard InChI is InChI=1S/C12H16Br2O4/c1-6(12(17-2)18-3)4-7-5-8(15)11(16)10(14)9(7)13/h5-6,12,15-16H,4H2,1-3H3/t6-/m0/s1. The van der Waals surface area contributed by atoms with E-state index in [-0.39, 0.29) is 23.7 Å². The highest BCUT2D eigenvalue weighted by atomic mass is 79.9. The van der Waals surface area contributed by atoms with Gasteiger partial charge in [0, 0.05) is 24.6 Å². The third-order valence-corrected chi connectivity index (χ3v) is 4.92. The smallest absolute Gasteiger partial charge is 0.173 e. The van der Waals surface area contributed by atoms with E-state index in [4.69, 9.17) is 9.47 Å². The first-order valence-electron chi connectivity index (χ1n) is 5.36. The van der Waals surface area contributed by atoms with E-state index in [0.29, 0.717) is 10.9 Å². The Bertz CT molecular complexity index is 419. The Labute approximate surface area is 123 Å². The van der Waals surface area contributed by atoms with E-state index < -0.39 is 0 Å². The molecule has 0 fully saturated rings. The van der Waals surface area contributed by atoms with E-state index >= 15 is 0 Å². The lowest BCUT2D eigenvalue weighted by atomic mass is 10.00. The molecule has 0 spiro atoms. The lowest BCUT2D eigenvalue weighted by Crippen LogP contribution is -2.24. The van der Waals surface area contributed by atoms with Crippen LogP contribution < -0.4 is 0 Å². The number of methoxy groups -OCH3 is 2. The second kappa shape index (κ2) is 6.75. The summed E-state index contributed by atoms with van der Waals surface area (Å²) in [5, 5.41) is 19.2. The highest BCUT2D eigenvalue weighted by molar-refractivity contribution is 9.13. The molecule has 4 nitrogen and oxygen atoms in total.